The summed E-state index contributed by atoms with van der Waals surface area (Å²) in [4.78, 5) is 11.9. The number of hydrogen-bond acceptors (Lipinski definition) is 2. The zero-order chi connectivity index (χ0) is 7.98. The molecule has 0 heterocycles. The first-order chi connectivity index (χ1) is 4.70. The van der Waals surface area contributed by atoms with Crippen LogP contribution in [0.5, 0.6) is 0 Å². The Morgan fingerprint density at radius 2 is 1.90 bits per heavy atom. The van der Waals surface area contributed by atoms with E-state index in [1.165, 1.54) is 0 Å². The number of carbonyl (C=O) groups is 1. The molecule has 0 aliphatic rings. The van der Waals surface area contributed by atoms with Gasteiger partial charge in [-0.1, -0.05) is 13.8 Å². The number of carbonyl (C=O) groups excluding carboxylic acids is 1. The lowest BCUT2D eigenvalue weighted by Gasteiger charge is -2.15. The van der Waals surface area contributed by atoms with Crippen molar-refractivity contribution >= 4 is 6.04 Å². The van der Waals surface area contributed by atoms with Crippen LogP contribution in [0, 0.1) is 0 Å². The fourth-order valence-electron chi connectivity index (χ4n) is 0.786. The molecule has 0 rings (SSSR count). The van der Waals surface area contributed by atoms with Crippen LogP contribution in [0.3, 0.4) is 0 Å². The first-order valence-corrected chi connectivity index (χ1v) is 3.61. The molecule has 0 N–H and O–H groups in total. The average molecular weight is 147 g/mol. The van der Waals surface area contributed by atoms with Gasteiger partial charge in [0.25, 0.3) is 0 Å². The highest BCUT2D eigenvalue weighted by molar-refractivity contribution is 5.67. The summed E-state index contributed by atoms with van der Waals surface area (Å²) in [6.45, 7) is 6.29. The van der Waals surface area contributed by atoms with Gasteiger partial charge in [0, 0.05) is 6.54 Å². The summed E-state index contributed by atoms with van der Waals surface area (Å²) in [5.74, 6) is 0. The predicted octanol–water partition coefficient (Wildman–Crippen LogP) is 1.21. The van der Waals surface area contributed by atoms with E-state index in [0.717, 1.165) is 13.1 Å². The molecule has 0 aromatic carbocycles. The highest BCUT2D eigenvalue weighted by Crippen LogP contribution is 1.91. The molecule has 0 spiro atoms. The van der Waals surface area contributed by atoms with Gasteiger partial charge in [0.2, 0.25) is 0 Å². The summed E-state index contributed by atoms with van der Waals surface area (Å²) >= 11 is 0. The van der Waals surface area contributed by atoms with Gasteiger partial charge >= 0.3 is 6.04 Å². The molecule has 3 heteroatoms. The lowest BCUT2D eigenvalue weighted by atomic mass is 10.4. The summed E-state index contributed by atoms with van der Waals surface area (Å²) in [7, 11) is 0. The SMILES string of the molecule is CCN(CC)CCC(=O)F. The number of rotatable bonds is 5. The second-order valence-corrected chi connectivity index (χ2v) is 2.13. The van der Waals surface area contributed by atoms with Crippen molar-refractivity contribution in [2.45, 2.75) is 20.3 Å². The van der Waals surface area contributed by atoms with Crippen molar-refractivity contribution in [3.63, 3.8) is 0 Å². The van der Waals surface area contributed by atoms with E-state index in [0.29, 0.717) is 6.54 Å². The maximum atomic E-state index is 11.7. The van der Waals surface area contributed by atoms with Gasteiger partial charge in [-0.15, -0.1) is 0 Å². The van der Waals surface area contributed by atoms with Crippen LogP contribution in [0.25, 0.3) is 0 Å². The molecule has 0 aromatic heterocycles. The van der Waals surface area contributed by atoms with Crippen LogP contribution in [0.15, 0.2) is 0 Å². The lowest BCUT2D eigenvalue weighted by molar-refractivity contribution is -0.129. The van der Waals surface area contributed by atoms with Crippen LogP contribution in [0.4, 0.5) is 4.39 Å². The van der Waals surface area contributed by atoms with Gasteiger partial charge in [-0.05, 0) is 13.1 Å². The number of hydrogen-bond donors (Lipinski definition) is 0. The van der Waals surface area contributed by atoms with Crippen molar-refractivity contribution in [2.24, 2.45) is 0 Å². The highest BCUT2D eigenvalue weighted by Gasteiger charge is 2.02. The molecular formula is C7H14FNO. The Hall–Kier alpha value is -0.440. The van der Waals surface area contributed by atoms with E-state index in [9.17, 15) is 9.18 Å². The standard InChI is InChI=1S/C7H14FNO/c1-3-9(4-2)6-5-7(8)10/h3-6H2,1-2H3. The average Bonchev–Trinajstić information content (AvgIpc) is 1.90. The molecule has 0 aliphatic heterocycles. The van der Waals surface area contributed by atoms with E-state index in [2.05, 4.69) is 0 Å². The second-order valence-electron chi connectivity index (χ2n) is 2.13. The summed E-state index contributed by atoms with van der Waals surface area (Å²) < 4.78 is 11.7. The molecule has 0 aromatic rings. The van der Waals surface area contributed by atoms with E-state index in [1.54, 1.807) is 0 Å². The predicted molar refractivity (Wildman–Crippen MR) is 38.5 cm³/mol. The van der Waals surface area contributed by atoms with Crippen LogP contribution in [-0.2, 0) is 4.79 Å². The Labute approximate surface area is 61.0 Å². The van der Waals surface area contributed by atoms with E-state index in [4.69, 9.17) is 0 Å². The van der Waals surface area contributed by atoms with Crippen molar-refractivity contribution in [2.75, 3.05) is 19.6 Å². The largest absolute Gasteiger partial charge is 0.303 e. The van der Waals surface area contributed by atoms with Crippen LogP contribution in [-0.4, -0.2) is 30.6 Å². The smallest absolute Gasteiger partial charge is 0.302 e. The Balaban J connectivity index is 3.34. The van der Waals surface area contributed by atoms with Gasteiger partial charge in [0.05, 0.1) is 6.42 Å². The molecule has 60 valence electrons. The van der Waals surface area contributed by atoms with Crippen molar-refractivity contribution < 1.29 is 9.18 Å². The Morgan fingerprint density at radius 1 is 1.40 bits per heavy atom. The highest BCUT2D eigenvalue weighted by atomic mass is 19.1. The van der Waals surface area contributed by atoms with Crippen LogP contribution in [0.2, 0.25) is 0 Å². The van der Waals surface area contributed by atoms with Gasteiger partial charge in [0.1, 0.15) is 0 Å². The van der Waals surface area contributed by atoms with Gasteiger partial charge in [-0.3, -0.25) is 4.79 Å². The van der Waals surface area contributed by atoms with Gasteiger partial charge in [0.15, 0.2) is 0 Å². The lowest BCUT2D eigenvalue weighted by Crippen LogP contribution is -2.24. The molecule has 0 atom stereocenters. The van der Waals surface area contributed by atoms with Crippen LogP contribution in [0.1, 0.15) is 20.3 Å². The van der Waals surface area contributed by atoms with Crippen molar-refractivity contribution in [3.05, 3.63) is 0 Å². The van der Waals surface area contributed by atoms with Crippen LogP contribution >= 0.6 is 0 Å². The first-order valence-electron chi connectivity index (χ1n) is 3.61. The van der Waals surface area contributed by atoms with E-state index in [-0.39, 0.29) is 6.42 Å². The fourth-order valence-corrected chi connectivity index (χ4v) is 0.786. The minimum atomic E-state index is -1.22. The molecule has 2 nitrogen and oxygen atoms in total. The van der Waals surface area contributed by atoms with Crippen molar-refractivity contribution in [1.82, 2.24) is 4.90 Å². The molecule has 0 saturated heterocycles. The third-order valence-electron chi connectivity index (χ3n) is 1.52. The van der Waals surface area contributed by atoms with Crippen LogP contribution < -0.4 is 0 Å². The minimum Gasteiger partial charge on any atom is -0.303 e. The molecule has 0 fully saturated rings. The minimum absolute atomic E-state index is 0.0294. The summed E-state index contributed by atoms with van der Waals surface area (Å²) in [6, 6.07) is -1.22. The molecule has 0 aliphatic carbocycles. The molecule has 10 heavy (non-hydrogen) atoms. The quantitative estimate of drug-likeness (QED) is 0.545. The van der Waals surface area contributed by atoms with Gasteiger partial charge < -0.3 is 4.90 Å². The van der Waals surface area contributed by atoms with E-state index in [1.807, 2.05) is 18.7 Å². The molecule has 0 bridgehead atoms. The fraction of sp³-hybridized carbons (Fsp3) is 0.857. The first kappa shape index (κ1) is 9.56. The van der Waals surface area contributed by atoms with E-state index < -0.39 is 6.04 Å². The third kappa shape index (κ3) is 4.44. The Morgan fingerprint density at radius 3 is 2.20 bits per heavy atom. The molecule has 0 radical (unpaired) electrons. The topological polar surface area (TPSA) is 20.3 Å². The Bertz CT molecular complexity index is 102. The maximum Gasteiger partial charge on any atom is 0.302 e. The van der Waals surface area contributed by atoms with Gasteiger partial charge in [-0.25, -0.2) is 0 Å². The van der Waals surface area contributed by atoms with E-state index >= 15 is 0 Å². The summed E-state index contributed by atoms with van der Waals surface area (Å²) in [5.41, 5.74) is 0. The maximum absolute atomic E-state index is 11.7. The zero-order valence-corrected chi connectivity index (χ0v) is 6.56. The molecular weight excluding hydrogens is 133 g/mol. The molecule has 0 unspecified atom stereocenters. The number of nitrogens with zero attached hydrogens (tertiary/aromatic N) is 1. The summed E-state index contributed by atoms with van der Waals surface area (Å²) in [6.07, 6.45) is 0.0294. The zero-order valence-electron chi connectivity index (χ0n) is 6.56. The second kappa shape index (κ2) is 5.35. The number of halogens is 1. The van der Waals surface area contributed by atoms with Crippen molar-refractivity contribution in [1.29, 1.82) is 0 Å². The van der Waals surface area contributed by atoms with Gasteiger partial charge in [-0.2, -0.15) is 4.39 Å². The molecule has 0 saturated carbocycles. The Kier molecular flexibility index (Phi) is 5.12. The summed E-state index contributed by atoms with van der Waals surface area (Å²) in [5, 5.41) is 0. The normalized spacial score (nSPS) is 10.4. The third-order valence-corrected chi connectivity index (χ3v) is 1.52. The monoisotopic (exact) mass is 147 g/mol. The van der Waals surface area contributed by atoms with Crippen molar-refractivity contribution in [3.8, 4) is 0 Å². The molecule has 0 amide bonds.